The molecule has 2 N–H and O–H groups in total. The van der Waals surface area contributed by atoms with Crippen LogP contribution >= 0.6 is 23.2 Å². The normalized spacial score (nSPS) is 15.5. The smallest absolute Gasteiger partial charge is 0.225 e. The molecule has 0 saturated carbocycles. The highest BCUT2D eigenvalue weighted by atomic mass is 35.5. The van der Waals surface area contributed by atoms with Crippen LogP contribution in [-0.4, -0.2) is 56.6 Å². The van der Waals surface area contributed by atoms with Gasteiger partial charge in [-0.2, -0.15) is 0 Å². The lowest BCUT2D eigenvalue weighted by Crippen LogP contribution is -2.41. The summed E-state index contributed by atoms with van der Waals surface area (Å²) in [5.74, 6) is 0.0826. The van der Waals surface area contributed by atoms with Crippen molar-refractivity contribution in [2.45, 2.75) is 25.7 Å². The summed E-state index contributed by atoms with van der Waals surface area (Å²) in [6, 6.07) is 4.97. The molecule has 0 radical (unpaired) electrons. The Hall–Kier alpha value is -1.34. The molecule has 0 bridgehead atoms. The number of carbonyl (C=O) groups is 2. The molecule has 150 valence electrons. The van der Waals surface area contributed by atoms with Gasteiger partial charge in [-0.3, -0.25) is 9.59 Å². The highest BCUT2D eigenvalue weighted by molar-refractivity contribution is 6.35. The number of nitrogens with zero attached hydrogens (tertiary/aromatic N) is 1. The Balaban J connectivity index is 1.66. The minimum absolute atomic E-state index is 0.0582. The summed E-state index contributed by atoms with van der Waals surface area (Å²) in [7, 11) is 1.65. The van der Waals surface area contributed by atoms with E-state index in [1.165, 1.54) is 0 Å². The van der Waals surface area contributed by atoms with Crippen molar-refractivity contribution in [3.8, 4) is 0 Å². The van der Waals surface area contributed by atoms with E-state index in [1.807, 2.05) is 0 Å². The lowest BCUT2D eigenvalue weighted by atomic mass is 9.96. The first-order valence-electron chi connectivity index (χ1n) is 9.23. The second-order valence-electron chi connectivity index (χ2n) is 6.68. The predicted octanol–water partition coefficient (Wildman–Crippen LogP) is 3.19. The maximum Gasteiger partial charge on any atom is 0.225 e. The highest BCUT2D eigenvalue weighted by Gasteiger charge is 2.24. The van der Waals surface area contributed by atoms with Crippen molar-refractivity contribution in [1.82, 2.24) is 10.2 Å². The van der Waals surface area contributed by atoms with E-state index < -0.39 is 0 Å². The number of ether oxygens (including phenoxy) is 1. The van der Waals surface area contributed by atoms with Crippen molar-refractivity contribution in [3.63, 3.8) is 0 Å². The Bertz CT molecular complexity index is 635. The van der Waals surface area contributed by atoms with Crippen LogP contribution in [0.2, 0.25) is 10.0 Å². The van der Waals surface area contributed by atoms with Crippen LogP contribution in [0.25, 0.3) is 0 Å². The number of halogens is 2. The largest absolute Gasteiger partial charge is 0.385 e. The first kappa shape index (κ1) is 22.0. The number of rotatable bonds is 9. The van der Waals surface area contributed by atoms with Crippen molar-refractivity contribution in [3.05, 3.63) is 28.2 Å². The summed E-state index contributed by atoms with van der Waals surface area (Å²) < 4.78 is 4.97. The molecular weight excluding hydrogens is 389 g/mol. The van der Waals surface area contributed by atoms with Gasteiger partial charge in [-0.15, -0.1) is 0 Å². The average molecular weight is 416 g/mol. The van der Waals surface area contributed by atoms with E-state index in [0.29, 0.717) is 41.8 Å². The van der Waals surface area contributed by atoms with E-state index >= 15 is 0 Å². The second kappa shape index (κ2) is 11.5. The number of anilines is 1. The van der Waals surface area contributed by atoms with E-state index in [1.54, 1.807) is 25.3 Å². The van der Waals surface area contributed by atoms with Crippen LogP contribution in [0.1, 0.15) is 25.7 Å². The zero-order valence-corrected chi connectivity index (χ0v) is 17.1. The van der Waals surface area contributed by atoms with E-state index in [-0.39, 0.29) is 17.7 Å². The average Bonchev–Trinajstić information content (AvgIpc) is 2.67. The standard InChI is InChI=1S/C19H27Cl2N3O3/c1-27-12-2-8-22-19(26)14-5-9-24(10-6-14)11-7-18(25)23-17-13-15(20)3-4-16(17)21/h3-4,13-14H,2,5-12H2,1H3,(H,22,26)(H,23,25). The number of benzene rings is 1. The van der Waals surface area contributed by atoms with Crippen LogP contribution in [0.5, 0.6) is 0 Å². The molecule has 1 saturated heterocycles. The second-order valence-corrected chi connectivity index (χ2v) is 7.52. The summed E-state index contributed by atoms with van der Waals surface area (Å²) in [5, 5.41) is 6.75. The zero-order chi connectivity index (χ0) is 19.6. The quantitative estimate of drug-likeness (QED) is 0.607. The van der Waals surface area contributed by atoms with E-state index in [9.17, 15) is 9.59 Å². The first-order valence-corrected chi connectivity index (χ1v) is 9.99. The summed E-state index contributed by atoms with van der Waals surface area (Å²) in [6.45, 7) is 3.61. The monoisotopic (exact) mass is 415 g/mol. The molecule has 1 fully saturated rings. The van der Waals surface area contributed by atoms with Gasteiger partial charge in [-0.25, -0.2) is 0 Å². The summed E-state index contributed by atoms with van der Waals surface area (Å²) >= 11 is 12.0. The minimum Gasteiger partial charge on any atom is -0.385 e. The van der Waals surface area contributed by atoms with Gasteiger partial charge < -0.3 is 20.3 Å². The van der Waals surface area contributed by atoms with Crippen LogP contribution in [0.3, 0.4) is 0 Å². The molecular formula is C19H27Cl2N3O3. The third-order valence-electron chi connectivity index (χ3n) is 4.64. The fourth-order valence-electron chi connectivity index (χ4n) is 3.06. The van der Waals surface area contributed by atoms with E-state index in [2.05, 4.69) is 15.5 Å². The summed E-state index contributed by atoms with van der Waals surface area (Å²) in [4.78, 5) is 26.5. The van der Waals surface area contributed by atoms with Crippen LogP contribution in [-0.2, 0) is 14.3 Å². The highest BCUT2D eigenvalue weighted by Crippen LogP contribution is 2.25. The predicted molar refractivity (Wildman–Crippen MR) is 108 cm³/mol. The van der Waals surface area contributed by atoms with Crippen LogP contribution < -0.4 is 10.6 Å². The van der Waals surface area contributed by atoms with Crippen LogP contribution in [0.4, 0.5) is 5.69 Å². The molecule has 0 aliphatic carbocycles. The van der Waals surface area contributed by atoms with Gasteiger partial charge in [0.1, 0.15) is 0 Å². The molecule has 6 nitrogen and oxygen atoms in total. The Kier molecular flexibility index (Phi) is 9.34. The van der Waals surface area contributed by atoms with Gasteiger partial charge in [0, 0.05) is 44.2 Å². The number of hydrogen-bond donors (Lipinski definition) is 2. The number of nitrogens with one attached hydrogen (secondary N) is 2. The summed E-state index contributed by atoms with van der Waals surface area (Å²) in [5.41, 5.74) is 0.526. The fourth-order valence-corrected chi connectivity index (χ4v) is 3.39. The van der Waals surface area contributed by atoms with Gasteiger partial charge in [0.25, 0.3) is 0 Å². The Labute approximate surface area is 170 Å². The molecule has 1 aliphatic rings. The number of piperidine rings is 1. The van der Waals surface area contributed by atoms with Gasteiger partial charge in [0.15, 0.2) is 0 Å². The molecule has 0 aromatic heterocycles. The molecule has 0 unspecified atom stereocenters. The zero-order valence-electron chi connectivity index (χ0n) is 15.6. The lowest BCUT2D eigenvalue weighted by Gasteiger charge is -2.31. The number of methoxy groups -OCH3 is 1. The topological polar surface area (TPSA) is 70.7 Å². The SMILES string of the molecule is COCCCNC(=O)C1CCN(CCC(=O)Nc2cc(Cl)ccc2Cl)CC1. The molecule has 0 spiro atoms. The van der Waals surface area contributed by atoms with Crippen molar-refractivity contribution in [2.75, 3.05) is 45.2 Å². The number of likely N-dealkylation sites (tertiary alicyclic amines) is 1. The number of hydrogen-bond acceptors (Lipinski definition) is 4. The van der Waals surface area contributed by atoms with Gasteiger partial charge in [-0.1, -0.05) is 23.2 Å². The lowest BCUT2D eigenvalue weighted by molar-refractivity contribution is -0.126. The Morgan fingerprint density at radius 1 is 1.26 bits per heavy atom. The summed E-state index contributed by atoms with van der Waals surface area (Å²) in [6.07, 6.45) is 2.83. The van der Waals surface area contributed by atoms with Gasteiger partial charge in [0.2, 0.25) is 11.8 Å². The van der Waals surface area contributed by atoms with Gasteiger partial charge >= 0.3 is 0 Å². The molecule has 2 rings (SSSR count). The van der Waals surface area contributed by atoms with E-state index in [0.717, 1.165) is 32.4 Å². The molecule has 1 aliphatic heterocycles. The first-order chi connectivity index (χ1) is 13.0. The fraction of sp³-hybridized carbons (Fsp3) is 0.579. The van der Waals surface area contributed by atoms with Gasteiger partial charge in [0.05, 0.1) is 10.7 Å². The Morgan fingerprint density at radius 3 is 2.70 bits per heavy atom. The maximum absolute atomic E-state index is 12.1. The third-order valence-corrected chi connectivity index (χ3v) is 5.21. The minimum atomic E-state index is -0.0998. The van der Waals surface area contributed by atoms with Crippen molar-refractivity contribution < 1.29 is 14.3 Å². The van der Waals surface area contributed by atoms with Crippen molar-refractivity contribution >= 4 is 40.7 Å². The van der Waals surface area contributed by atoms with E-state index in [4.69, 9.17) is 27.9 Å². The molecule has 0 atom stereocenters. The molecule has 2 amide bonds. The molecule has 8 heteroatoms. The Morgan fingerprint density at radius 2 is 2.00 bits per heavy atom. The van der Waals surface area contributed by atoms with Crippen LogP contribution in [0.15, 0.2) is 18.2 Å². The molecule has 1 aromatic carbocycles. The molecule has 1 heterocycles. The molecule has 27 heavy (non-hydrogen) atoms. The number of carbonyl (C=O) groups excluding carboxylic acids is 2. The van der Waals surface area contributed by atoms with Crippen molar-refractivity contribution in [1.29, 1.82) is 0 Å². The van der Waals surface area contributed by atoms with Crippen LogP contribution in [0, 0.1) is 5.92 Å². The number of amides is 2. The van der Waals surface area contributed by atoms with Crippen molar-refractivity contribution in [2.24, 2.45) is 5.92 Å². The van der Waals surface area contributed by atoms with Gasteiger partial charge in [-0.05, 0) is 50.6 Å². The maximum atomic E-state index is 12.1. The molecule has 1 aromatic rings. The third kappa shape index (κ3) is 7.66.